The van der Waals surface area contributed by atoms with Gasteiger partial charge in [0.25, 0.3) is 0 Å². The molecule has 19 heteroatoms. The monoisotopic (exact) mass is 699 g/mol. The second-order valence-electron chi connectivity index (χ2n) is 9.52. The molecule has 1 atom stereocenters. The molecule has 282 valence electrons. The van der Waals surface area contributed by atoms with Crippen molar-refractivity contribution in [3.63, 3.8) is 0 Å². The van der Waals surface area contributed by atoms with Gasteiger partial charge in [-0.05, 0) is 12.0 Å². The van der Waals surface area contributed by atoms with Crippen molar-refractivity contribution in [3.05, 3.63) is 10.4 Å². The minimum Gasteiger partial charge on any atom is -0.480 e. The molecule has 0 aromatic heterocycles. The molecule has 0 aromatic carbocycles. The molecule has 0 saturated heterocycles. The molecular weight excluding hydrogens is 642 g/mol. The van der Waals surface area contributed by atoms with Gasteiger partial charge in [0, 0.05) is 24.4 Å². The lowest BCUT2D eigenvalue weighted by molar-refractivity contribution is -0.138. The Balaban J connectivity index is 3.12. The molecule has 0 spiro atoms. The number of hydrogen-bond donors (Lipinski definition) is 3. The Kier molecular flexibility index (Phi) is 37.4. The molecule has 0 unspecified atom stereocenters. The van der Waals surface area contributed by atoms with Crippen molar-refractivity contribution in [2.45, 2.75) is 18.9 Å². The largest absolute Gasteiger partial charge is 0.480 e. The molecule has 0 aromatic rings. The number of rotatable bonds is 40. The maximum atomic E-state index is 11.6. The van der Waals surface area contributed by atoms with E-state index in [0.29, 0.717) is 158 Å². The smallest absolute Gasteiger partial charge is 0.320 e. The van der Waals surface area contributed by atoms with Gasteiger partial charge in [-0.15, -0.1) is 0 Å². The van der Waals surface area contributed by atoms with Gasteiger partial charge in [0.15, 0.2) is 0 Å². The maximum absolute atomic E-state index is 11.6. The van der Waals surface area contributed by atoms with Crippen molar-refractivity contribution in [1.82, 2.24) is 5.32 Å². The van der Waals surface area contributed by atoms with Crippen LogP contribution >= 0.6 is 0 Å². The van der Waals surface area contributed by atoms with Gasteiger partial charge in [-0.3, -0.25) is 9.59 Å². The van der Waals surface area contributed by atoms with Crippen LogP contribution in [0.3, 0.4) is 0 Å². The third kappa shape index (κ3) is 38.2. The van der Waals surface area contributed by atoms with Crippen molar-refractivity contribution >= 4 is 11.9 Å². The van der Waals surface area contributed by atoms with E-state index in [1.165, 1.54) is 0 Å². The Morgan fingerprint density at radius 1 is 0.562 bits per heavy atom. The molecule has 0 bridgehead atoms. The lowest BCUT2D eigenvalue weighted by Gasteiger charge is -2.09. The average Bonchev–Trinajstić information content (AvgIpc) is 3.08. The molecule has 0 rings (SSSR count). The number of aliphatic carboxylic acids is 1. The summed E-state index contributed by atoms with van der Waals surface area (Å²) in [6.07, 6.45) is 0.148. The number of carboxylic acids is 1. The fourth-order valence-electron chi connectivity index (χ4n) is 3.21. The Bertz CT molecular complexity index is 768. The second-order valence-corrected chi connectivity index (χ2v) is 9.52. The van der Waals surface area contributed by atoms with Gasteiger partial charge in [-0.1, -0.05) is 5.11 Å². The first-order chi connectivity index (χ1) is 23.6. The van der Waals surface area contributed by atoms with Crippen LogP contribution in [0.15, 0.2) is 5.11 Å². The van der Waals surface area contributed by atoms with E-state index in [9.17, 15) is 9.59 Å². The third-order valence-corrected chi connectivity index (χ3v) is 5.69. The molecule has 4 N–H and O–H groups in total. The number of amides is 1. The number of nitrogens with one attached hydrogen (secondary N) is 1. The predicted molar refractivity (Wildman–Crippen MR) is 171 cm³/mol. The summed E-state index contributed by atoms with van der Waals surface area (Å²) >= 11 is 0. The SMILES string of the molecule is [N-]=[N+]=NCCOCCOCCOCCOCCOCCOCCOCCOCCOCCOCCOCCNC(=O)CC[C@H](N)C(=O)O. The van der Waals surface area contributed by atoms with E-state index in [0.717, 1.165) is 0 Å². The third-order valence-electron chi connectivity index (χ3n) is 5.69. The summed E-state index contributed by atoms with van der Waals surface area (Å²) in [5, 5.41) is 14.7. The van der Waals surface area contributed by atoms with Gasteiger partial charge in [0.2, 0.25) is 5.91 Å². The van der Waals surface area contributed by atoms with Crippen molar-refractivity contribution in [3.8, 4) is 0 Å². The van der Waals surface area contributed by atoms with Crippen LogP contribution in [0, 0.1) is 0 Å². The normalized spacial score (nSPS) is 11.8. The molecule has 0 fully saturated rings. The van der Waals surface area contributed by atoms with Gasteiger partial charge in [0.05, 0.1) is 145 Å². The summed E-state index contributed by atoms with van der Waals surface area (Å²) in [5.74, 6) is -1.38. The van der Waals surface area contributed by atoms with Crippen molar-refractivity contribution in [2.24, 2.45) is 10.8 Å². The summed E-state index contributed by atoms with van der Waals surface area (Å²) in [6.45, 7) is 10.6. The topological polar surface area (TPSA) is 243 Å². The Morgan fingerprint density at radius 2 is 0.854 bits per heavy atom. The van der Waals surface area contributed by atoms with Crippen LogP contribution in [0.5, 0.6) is 0 Å². The van der Waals surface area contributed by atoms with E-state index in [1.54, 1.807) is 0 Å². The summed E-state index contributed by atoms with van der Waals surface area (Å²) in [6, 6.07) is -1.03. The van der Waals surface area contributed by atoms with Crippen molar-refractivity contribution < 1.29 is 66.8 Å². The zero-order valence-electron chi connectivity index (χ0n) is 28.1. The van der Waals surface area contributed by atoms with Crippen molar-refractivity contribution in [1.29, 1.82) is 0 Å². The zero-order chi connectivity index (χ0) is 35.0. The van der Waals surface area contributed by atoms with E-state index >= 15 is 0 Å². The zero-order valence-corrected chi connectivity index (χ0v) is 28.1. The maximum Gasteiger partial charge on any atom is 0.320 e. The lowest BCUT2D eigenvalue weighted by Crippen LogP contribution is -2.33. The van der Waals surface area contributed by atoms with Gasteiger partial charge in [-0.2, -0.15) is 0 Å². The highest BCUT2D eigenvalue weighted by atomic mass is 16.6. The van der Waals surface area contributed by atoms with Gasteiger partial charge < -0.3 is 68.3 Å². The van der Waals surface area contributed by atoms with E-state index in [2.05, 4.69) is 15.3 Å². The molecule has 0 saturated carbocycles. The fraction of sp³-hybridized carbons (Fsp3) is 0.931. The van der Waals surface area contributed by atoms with Crippen LogP contribution in [-0.4, -0.2) is 181 Å². The molecule has 1 amide bonds. The highest BCUT2D eigenvalue weighted by Gasteiger charge is 2.13. The number of ether oxygens (including phenoxy) is 11. The molecule has 19 nitrogen and oxygen atoms in total. The van der Waals surface area contributed by atoms with E-state index in [1.807, 2.05) is 0 Å². The number of nitrogens with zero attached hydrogens (tertiary/aromatic N) is 3. The first-order valence-corrected chi connectivity index (χ1v) is 16.2. The summed E-state index contributed by atoms with van der Waals surface area (Å²) in [5.41, 5.74) is 13.5. The first-order valence-electron chi connectivity index (χ1n) is 16.2. The minimum atomic E-state index is -1.12. The van der Waals surface area contributed by atoms with Gasteiger partial charge >= 0.3 is 5.97 Å². The van der Waals surface area contributed by atoms with Crippen LogP contribution in [0.4, 0.5) is 0 Å². The Hall–Kier alpha value is -2.23. The standard InChI is InChI=1S/C29H57N5O14/c30-27(29(36)37)1-2-28(35)32-3-5-38-7-9-40-11-13-42-15-17-44-19-21-46-23-25-48-26-24-47-22-20-45-18-16-43-14-12-41-10-8-39-6-4-33-34-31/h27H,1-26,30H2,(H,32,35)(H,36,37)/t27-/m0/s1. The molecule has 0 radical (unpaired) electrons. The van der Waals surface area contributed by atoms with Crippen LogP contribution in [0.25, 0.3) is 10.4 Å². The Morgan fingerprint density at radius 3 is 1.15 bits per heavy atom. The summed E-state index contributed by atoms with van der Waals surface area (Å²) < 4.78 is 59.4. The second kappa shape index (κ2) is 39.2. The summed E-state index contributed by atoms with van der Waals surface area (Å²) in [7, 11) is 0. The molecule has 0 aliphatic carbocycles. The highest BCUT2D eigenvalue weighted by Crippen LogP contribution is 1.94. The fourth-order valence-corrected chi connectivity index (χ4v) is 3.21. The van der Waals surface area contributed by atoms with Crippen molar-refractivity contribution in [2.75, 3.05) is 158 Å². The predicted octanol–water partition coefficient (Wildman–Crippen LogP) is -0.212. The molecule has 0 heterocycles. The van der Waals surface area contributed by atoms with E-state index in [4.69, 9.17) is 68.5 Å². The number of carbonyl (C=O) groups is 2. The molecule has 48 heavy (non-hydrogen) atoms. The summed E-state index contributed by atoms with van der Waals surface area (Å²) in [4.78, 5) is 24.8. The van der Waals surface area contributed by atoms with Crippen LogP contribution in [0.2, 0.25) is 0 Å². The van der Waals surface area contributed by atoms with Gasteiger partial charge in [0.1, 0.15) is 6.04 Å². The van der Waals surface area contributed by atoms with Gasteiger partial charge in [-0.25, -0.2) is 0 Å². The first kappa shape index (κ1) is 45.8. The average molecular weight is 700 g/mol. The van der Waals surface area contributed by atoms with E-state index in [-0.39, 0.29) is 18.7 Å². The number of carboxylic acid groups (broad SMARTS) is 1. The van der Waals surface area contributed by atoms with Crippen LogP contribution in [0.1, 0.15) is 12.8 Å². The quantitative estimate of drug-likeness (QED) is 0.0324. The molecule has 0 aliphatic heterocycles. The molecular formula is C29H57N5O14. The Labute approximate surface area is 282 Å². The number of hydrogen-bond acceptors (Lipinski definition) is 15. The van der Waals surface area contributed by atoms with Crippen LogP contribution < -0.4 is 11.1 Å². The minimum absolute atomic E-state index is 0.0578. The number of carbonyl (C=O) groups excluding carboxylic acids is 1. The highest BCUT2D eigenvalue weighted by molar-refractivity contribution is 5.78. The number of nitrogens with two attached hydrogens (primary N) is 1. The lowest BCUT2D eigenvalue weighted by atomic mass is 10.1. The molecule has 0 aliphatic rings. The number of azide groups is 1. The van der Waals surface area contributed by atoms with E-state index < -0.39 is 12.0 Å². The van der Waals surface area contributed by atoms with Crippen LogP contribution in [-0.2, 0) is 61.7 Å².